The molecule has 4 rings (SSSR count). The standard InChI is InChI=1S/C27H24ClNO5/c1-16(2)34-22-9-4-6-18(14-22)24-23(25(30)17-10-12-19(28)13-11-17)26(31)27(32)29(24)20-7-5-8-21(15-20)33-3/h4-16,24,30H,1-3H3/b25-23+. The van der Waals surface area contributed by atoms with Crippen molar-refractivity contribution in [3.8, 4) is 11.5 Å². The predicted octanol–water partition coefficient (Wildman–Crippen LogP) is 5.76. The number of Topliss-reactive ketones (excluding diaryl/α,β-unsaturated/α-hetero) is 1. The Balaban J connectivity index is 1.93. The quantitative estimate of drug-likeness (QED) is 0.277. The topological polar surface area (TPSA) is 76.1 Å². The van der Waals surface area contributed by atoms with Gasteiger partial charge in [0.25, 0.3) is 11.7 Å². The molecule has 7 heteroatoms. The summed E-state index contributed by atoms with van der Waals surface area (Å²) in [5, 5.41) is 11.7. The van der Waals surface area contributed by atoms with E-state index in [2.05, 4.69) is 0 Å². The molecule has 0 bridgehead atoms. The Morgan fingerprint density at radius 1 is 0.971 bits per heavy atom. The maximum Gasteiger partial charge on any atom is 0.300 e. The van der Waals surface area contributed by atoms with Crippen LogP contribution >= 0.6 is 11.6 Å². The molecule has 1 atom stereocenters. The van der Waals surface area contributed by atoms with Gasteiger partial charge in [0.15, 0.2) is 0 Å². The van der Waals surface area contributed by atoms with E-state index in [0.29, 0.717) is 33.3 Å². The van der Waals surface area contributed by atoms with Gasteiger partial charge in [0.1, 0.15) is 17.3 Å². The first-order valence-electron chi connectivity index (χ1n) is 10.8. The number of ether oxygens (including phenoxy) is 2. The van der Waals surface area contributed by atoms with Crippen molar-refractivity contribution in [3.05, 3.63) is 94.5 Å². The Kier molecular flexibility index (Phi) is 6.61. The molecule has 1 fully saturated rings. The van der Waals surface area contributed by atoms with E-state index in [1.807, 2.05) is 13.8 Å². The minimum atomic E-state index is -0.876. The van der Waals surface area contributed by atoms with Crippen molar-refractivity contribution in [2.24, 2.45) is 0 Å². The highest BCUT2D eigenvalue weighted by atomic mass is 35.5. The molecule has 1 aliphatic heterocycles. The normalized spacial score (nSPS) is 17.3. The maximum absolute atomic E-state index is 13.3. The Labute approximate surface area is 203 Å². The molecule has 1 heterocycles. The van der Waals surface area contributed by atoms with Crippen molar-refractivity contribution in [2.75, 3.05) is 12.0 Å². The van der Waals surface area contributed by atoms with E-state index in [1.165, 1.54) is 12.0 Å². The number of carbonyl (C=O) groups excluding carboxylic acids is 2. The summed E-state index contributed by atoms with van der Waals surface area (Å²) in [6.07, 6.45) is -0.0611. The molecule has 6 nitrogen and oxygen atoms in total. The van der Waals surface area contributed by atoms with Crippen LogP contribution in [-0.4, -0.2) is 30.0 Å². The molecule has 0 aliphatic carbocycles. The second-order valence-corrected chi connectivity index (χ2v) is 8.55. The van der Waals surface area contributed by atoms with E-state index in [-0.39, 0.29) is 17.4 Å². The highest BCUT2D eigenvalue weighted by Crippen LogP contribution is 2.43. The van der Waals surface area contributed by atoms with Crippen molar-refractivity contribution in [1.29, 1.82) is 0 Å². The Bertz CT molecular complexity index is 1270. The van der Waals surface area contributed by atoms with Crippen molar-refractivity contribution in [3.63, 3.8) is 0 Å². The largest absolute Gasteiger partial charge is 0.507 e. The van der Waals surface area contributed by atoms with Gasteiger partial charge in [0.05, 0.1) is 24.8 Å². The lowest BCUT2D eigenvalue weighted by Crippen LogP contribution is -2.29. The average molecular weight is 478 g/mol. The highest BCUT2D eigenvalue weighted by Gasteiger charge is 2.47. The van der Waals surface area contributed by atoms with E-state index in [9.17, 15) is 14.7 Å². The van der Waals surface area contributed by atoms with Crippen molar-refractivity contribution < 1.29 is 24.2 Å². The zero-order chi connectivity index (χ0) is 24.4. The SMILES string of the molecule is COc1cccc(N2C(=O)C(=O)/C(=C(/O)c3ccc(Cl)cc3)C2c2cccc(OC(C)C)c2)c1. The summed E-state index contributed by atoms with van der Waals surface area (Å²) < 4.78 is 11.2. The minimum Gasteiger partial charge on any atom is -0.507 e. The molecule has 1 saturated heterocycles. The third-order valence-electron chi connectivity index (χ3n) is 5.44. The molecule has 3 aromatic carbocycles. The number of anilines is 1. The number of carbonyl (C=O) groups is 2. The van der Waals surface area contributed by atoms with E-state index < -0.39 is 17.7 Å². The average Bonchev–Trinajstić information content (AvgIpc) is 3.09. The molecule has 0 radical (unpaired) electrons. The first kappa shape index (κ1) is 23.4. The molecule has 0 aromatic heterocycles. The predicted molar refractivity (Wildman–Crippen MR) is 131 cm³/mol. The minimum absolute atomic E-state index is 0.0168. The molecule has 1 N–H and O–H groups in total. The monoisotopic (exact) mass is 477 g/mol. The molecule has 1 amide bonds. The zero-order valence-electron chi connectivity index (χ0n) is 19.0. The fourth-order valence-corrected chi connectivity index (χ4v) is 4.09. The van der Waals surface area contributed by atoms with Crippen LogP contribution in [0.5, 0.6) is 11.5 Å². The lowest BCUT2D eigenvalue weighted by atomic mass is 9.95. The van der Waals surface area contributed by atoms with E-state index in [0.717, 1.165) is 0 Å². The second kappa shape index (κ2) is 9.61. The first-order chi connectivity index (χ1) is 16.3. The van der Waals surface area contributed by atoms with Crippen molar-refractivity contribution in [2.45, 2.75) is 26.0 Å². The van der Waals surface area contributed by atoms with Gasteiger partial charge in [-0.3, -0.25) is 14.5 Å². The third-order valence-corrected chi connectivity index (χ3v) is 5.69. The zero-order valence-corrected chi connectivity index (χ0v) is 19.7. The highest BCUT2D eigenvalue weighted by molar-refractivity contribution is 6.51. The smallest absolute Gasteiger partial charge is 0.300 e. The van der Waals surface area contributed by atoms with Gasteiger partial charge in [0.2, 0.25) is 0 Å². The van der Waals surface area contributed by atoms with Crippen LogP contribution in [0.15, 0.2) is 78.4 Å². The molecular weight excluding hydrogens is 454 g/mol. The number of hydrogen-bond donors (Lipinski definition) is 1. The van der Waals surface area contributed by atoms with Crippen molar-refractivity contribution >= 4 is 34.7 Å². The number of amides is 1. The lowest BCUT2D eigenvalue weighted by Gasteiger charge is -2.26. The second-order valence-electron chi connectivity index (χ2n) is 8.12. The van der Waals surface area contributed by atoms with Crippen molar-refractivity contribution in [1.82, 2.24) is 0 Å². The first-order valence-corrected chi connectivity index (χ1v) is 11.2. The summed E-state index contributed by atoms with van der Waals surface area (Å²) in [6, 6.07) is 19.6. The number of ketones is 1. The summed E-state index contributed by atoms with van der Waals surface area (Å²) >= 11 is 5.99. The van der Waals surface area contributed by atoms with Gasteiger partial charge in [-0.25, -0.2) is 0 Å². The Morgan fingerprint density at radius 3 is 2.32 bits per heavy atom. The molecule has 174 valence electrons. The molecule has 0 saturated carbocycles. The molecule has 1 unspecified atom stereocenters. The van der Waals surface area contributed by atoms with Crippen LogP contribution in [0, 0.1) is 0 Å². The number of aliphatic hydroxyl groups excluding tert-OH is 1. The molecule has 0 spiro atoms. The fraction of sp³-hybridized carbons (Fsp3) is 0.185. The summed E-state index contributed by atoms with van der Waals surface area (Å²) in [7, 11) is 1.53. The van der Waals surface area contributed by atoms with Gasteiger partial charge in [-0.2, -0.15) is 0 Å². The number of halogens is 1. The van der Waals surface area contributed by atoms with Gasteiger partial charge in [-0.05, 0) is 67.9 Å². The molecular formula is C27H24ClNO5. The van der Waals surface area contributed by atoms with Gasteiger partial charge in [-0.15, -0.1) is 0 Å². The summed E-state index contributed by atoms with van der Waals surface area (Å²) in [6.45, 7) is 3.82. The van der Waals surface area contributed by atoms with Crippen LogP contribution in [0.1, 0.15) is 31.0 Å². The number of nitrogens with zero attached hydrogens (tertiary/aromatic N) is 1. The number of aliphatic hydroxyl groups is 1. The summed E-state index contributed by atoms with van der Waals surface area (Å²) in [5.74, 6) is -0.678. The number of rotatable bonds is 6. The van der Waals surface area contributed by atoms with Crippen LogP contribution in [0.4, 0.5) is 5.69 Å². The summed E-state index contributed by atoms with van der Waals surface area (Å²) in [5.41, 5.74) is 1.46. The number of hydrogen-bond acceptors (Lipinski definition) is 5. The van der Waals surface area contributed by atoms with Crippen LogP contribution in [-0.2, 0) is 9.59 Å². The number of benzene rings is 3. The van der Waals surface area contributed by atoms with Gasteiger partial charge < -0.3 is 14.6 Å². The lowest BCUT2D eigenvalue weighted by molar-refractivity contribution is -0.132. The van der Waals surface area contributed by atoms with Gasteiger partial charge in [0, 0.05) is 22.3 Å². The van der Waals surface area contributed by atoms with Crippen LogP contribution < -0.4 is 14.4 Å². The van der Waals surface area contributed by atoms with Gasteiger partial charge >= 0.3 is 0 Å². The Morgan fingerprint density at radius 2 is 1.65 bits per heavy atom. The van der Waals surface area contributed by atoms with E-state index >= 15 is 0 Å². The summed E-state index contributed by atoms with van der Waals surface area (Å²) in [4.78, 5) is 27.9. The fourth-order valence-electron chi connectivity index (χ4n) is 3.97. The van der Waals surface area contributed by atoms with E-state index in [1.54, 1.807) is 72.8 Å². The van der Waals surface area contributed by atoms with Gasteiger partial charge in [-0.1, -0.05) is 29.8 Å². The number of methoxy groups -OCH3 is 1. The Hall–Kier alpha value is -3.77. The third kappa shape index (κ3) is 4.50. The van der Waals surface area contributed by atoms with Crippen LogP contribution in [0.2, 0.25) is 5.02 Å². The van der Waals surface area contributed by atoms with E-state index in [4.69, 9.17) is 21.1 Å². The molecule has 3 aromatic rings. The molecule has 1 aliphatic rings. The molecule has 34 heavy (non-hydrogen) atoms. The van der Waals surface area contributed by atoms with Crippen LogP contribution in [0.25, 0.3) is 5.76 Å². The van der Waals surface area contributed by atoms with Crippen LogP contribution in [0.3, 0.4) is 0 Å². The maximum atomic E-state index is 13.3.